The van der Waals surface area contributed by atoms with Crippen LogP contribution in [-0.2, 0) is 14.8 Å². The maximum Gasteiger partial charge on any atom is 0.223 e. The molecule has 0 bridgehead atoms. The number of carbonyl (C=O) groups excluding carboxylic acids is 1. The lowest BCUT2D eigenvalue weighted by Crippen LogP contribution is -2.46. The zero-order chi connectivity index (χ0) is 22.9. The van der Waals surface area contributed by atoms with Crippen LogP contribution in [0.15, 0.2) is 22.5 Å². The molecule has 0 spiro atoms. The first-order chi connectivity index (χ1) is 13.9. The molecule has 30 heavy (non-hydrogen) atoms. The lowest BCUT2D eigenvalue weighted by atomic mass is 9.86. The Morgan fingerprint density at radius 3 is 2.33 bits per heavy atom. The smallest absolute Gasteiger partial charge is 0.223 e. The van der Waals surface area contributed by atoms with Crippen molar-refractivity contribution in [1.82, 2.24) is 10.0 Å². The highest BCUT2D eigenvalue weighted by Crippen LogP contribution is 2.27. The van der Waals surface area contributed by atoms with Gasteiger partial charge in [-0.05, 0) is 59.8 Å². The summed E-state index contributed by atoms with van der Waals surface area (Å²) in [6, 6.07) is -0.108. The number of rotatable bonds is 10. The van der Waals surface area contributed by atoms with E-state index in [2.05, 4.69) is 10.0 Å². The van der Waals surface area contributed by atoms with Crippen LogP contribution in [0.4, 0.5) is 4.39 Å². The van der Waals surface area contributed by atoms with Crippen LogP contribution in [0.1, 0.15) is 66.7 Å². The second-order valence-electron chi connectivity index (χ2n) is 8.50. The van der Waals surface area contributed by atoms with Gasteiger partial charge in [0.15, 0.2) is 0 Å². The highest BCUT2D eigenvalue weighted by atomic mass is 35.5. The number of thioether (sulfide) groups is 1. The zero-order valence-electron chi connectivity index (χ0n) is 18.7. The summed E-state index contributed by atoms with van der Waals surface area (Å²) >= 11 is 7.62. The van der Waals surface area contributed by atoms with E-state index in [4.69, 9.17) is 11.6 Å². The van der Waals surface area contributed by atoms with Gasteiger partial charge in [0.25, 0.3) is 0 Å². The lowest BCUT2D eigenvalue weighted by Gasteiger charge is -2.30. The van der Waals surface area contributed by atoms with Gasteiger partial charge in [-0.1, -0.05) is 24.6 Å². The number of halogens is 2. The molecule has 5 nitrogen and oxygen atoms in total. The molecule has 2 N–H and O–H groups in total. The van der Waals surface area contributed by atoms with Crippen molar-refractivity contribution in [2.45, 2.75) is 77.5 Å². The molecule has 0 unspecified atom stereocenters. The average molecular weight is 483 g/mol. The van der Waals surface area contributed by atoms with Gasteiger partial charge in [-0.25, -0.2) is 17.5 Å². The van der Waals surface area contributed by atoms with Crippen molar-refractivity contribution in [3.63, 3.8) is 0 Å². The van der Waals surface area contributed by atoms with Crippen molar-refractivity contribution in [3.8, 4) is 0 Å². The van der Waals surface area contributed by atoms with E-state index < -0.39 is 14.8 Å². The number of hydrogen-bond donors (Lipinski definition) is 2. The molecule has 1 saturated carbocycles. The minimum atomic E-state index is -3.38. The number of hydrogen-bond acceptors (Lipinski definition) is 4. The molecule has 1 amide bonds. The second-order valence-corrected chi connectivity index (χ2v) is 12.5. The number of allylic oxidation sites excluding steroid dienone is 3. The summed E-state index contributed by atoms with van der Waals surface area (Å²) in [6.07, 6.45) is 4.66. The molecule has 1 rings (SSSR count). The molecule has 0 aromatic rings. The Bertz CT molecular complexity index is 738. The van der Waals surface area contributed by atoms with Gasteiger partial charge in [0.05, 0.1) is 4.75 Å². The normalized spacial score (nSPS) is 21.9. The first kappa shape index (κ1) is 27.5. The molecular formula is C21H36ClFN2O3S2. The fraction of sp³-hybridized carbons (Fsp3) is 0.762. The average Bonchev–Trinajstić information content (AvgIpc) is 2.68. The third-order valence-electron chi connectivity index (χ3n) is 5.20. The van der Waals surface area contributed by atoms with Gasteiger partial charge >= 0.3 is 0 Å². The van der Waals surface area contributed by atoms with Gasteiger partial charge in [-0.15, -0.1) is 0 Å². The number of nitrogens with one attached hydrogen (secondary N) is 2. The van der Waals surface area contributed by atoms with Gasteiger partial charge < -0.3 is 5.32 Å². The minimum absolute atomic E-state index is 0.00900. The van der Waals surface area contributed by atoms with E-state index in [1.54, 1.807) is 40.7 Å². The molecular weight excluding hydrogens is 447 g/mol. The van der Waals surface area contributed by atoms with Crippen LogP contribution in [0.5, 0.6) is 0 Å². The topological polar surface area (TPSA) is 75.3 Å². The van der Waals surface area contributed by atoms with Crippen molar-refractivity contribution < 1.29 is 17.6 Å². The van der Waals surface area contributed by atoms with Crippen LogP contribution in [0, 0.1) is 5.92 Å². The predicted octanol–water partition coefficient (Wildman–Crippen LogP) is 4.89. The molecule has 1 aliphatic carbocycles. The molecule has 9 heteroatoms. The number of amides is 1. The minimum Gasteiger partial charge on any atom is -0.355 e. The third kappa shape index (κ3) is 8.52. The highest BCUT2D eigenvalue weighted by Gasteiger charge is 2.33. The Kier molecular flexibility index (Phi) is 11.4. The molecule has 0 aliphatic heterocycles. The fourth-order valence-electron chi connectivity index (χ4n) is 3.10. The van der Waals surface area contributed by atoms with Gasteiger partial charge in [-0.3, -0.25) is 4.79 Å². The lowest BCUT2D eigenvalue weighted by molar-refractivity contribution is -0.125. The Labute approximate surface area is 190 Å². The molecule has 0 atom stereocenters. The summed E-state index contributed by atoms with van der Waals surface area (Å²) in [4.78, 5) is 12.4. The third-order valence-corrected chi connectivity index (χ3v) is 8.89. The molecule has 0 heterocycles. The van der Waals surface area contributed by atoms with Crippen molar-refractivity contribution in [2.24, 2.45) is 5.92 Å². The van der Waals surface area contributed by atoms with Gasteiger partial charge in [0.1, 0.15) is 5.83 Å². The SMILES string of the molecule is C/C=C(Cl)\C(CSCCNC(=O)C1CCC(NS(=O)(=O)C(C)(C)C)CC1)=C(\F)CC. The summed E-state index contributed by atoms with van der Waals surface area (Å²) in [5.74, 6) is 0.859. The fourth-order valence-corrected chi connectivity index (χ4v) is 5.28. The molecule has 0 radical (unpaired) electrons. The summed E-state index contributed by atoms with van der Waals surface area (Å²) in [5, 5.41) is 3.38. The van der Waals surface area contributed by atoms with E-state index in [1.807, 2.05) is 0 Å². The summed E-state index contributed by atoms with van der Waals surface area (Å²) < 4.78 is 40.4. The second kappa shape index (κ2) is 12.5. The summed E-state index contributed by atoms with van der Waals surface area (Å²) in [6.45, 7) is 9.06. The summed E-state index contributed by atoms with van der Waals surface area (Å²) in [5.41, 5.74) is 0.522. The zero-order valence-corrected chi connectivity index (χ0v) is 21.1. The Morgan fingerprint density at radius 1 is 1.23 bits per heavy atom. The van der Waals surface area contributed by atoms with Crippen LogP contribution >= 0.6 is 23.4 Å². The van der Waals surface area contributed by atoms with E-state index in [9.17, 15) is 17.6 Å². The molecule has 174 valence electrons. The maximum absolute atomic E-state index is 13.9. The quantitative estimate of drug-likeness (QED) is 0.343. The Hall–Kier alpha value is -0.570. The van der Waals surface area contributed by atoms with Gasteiger partial charge in [0.2, 0.25) is 15.9 Å². The molecule has 1 aliphatic rings. The van der Waals surface area contributed by atoms with Crippen LogP contribution in [-0.4, -0.2) is 43.2 Å². The monoisotopic (exact) mass is 482 g/mol. The Morgan fingerprint density at radius 2 is 1.83 bits per heavy atom. The van der Waals surface area contributed by atoms with Crippen molar-refractivity contribution in [1.29, 1.82) is 0 Å². The largest absolute Gasteiger partial charge is 0.355 e. The molecule has 1 fully saturated rings. The van der Waals surface area contributed by atoms with E-state index in [0.29, 0.717) is 60.8 Å². The van der Waals surface area contributed by atoms with Crippen LogP contribution in [0.25, 0.3) is 0 Å². The van der Waals surface area contributed by atoms with Crippen molar-refractivity contribution in [2.75, 3.05) is 18.1 Å². The van der Waals surface area contributed by atoms with E-state index in [1.165, 1.54) is 11.8 Å². The standard InChI is InChI=1S/C21H36ClFN2O3S2/c1-6-18(22)17(19(23)7-2)14-29-13-12-24-20(26)15-8-10-16(11-9-15)25-30(27,28)21(3,4)5/h6,15-16,25H,7-14H2,1-5H3,(H,24,26)/b18-6+,19-17+. The Balaban J connectivity index is 2.36. The predicted molar refractivity (Wildman–Crippen MR) is 126 cm³/mol. The van der Waals surface area contributed by atoms with E-state index in [-0.39, 0.29) is 23.7 Å². The molecule has 0 saturated heterocycles. The van der Waals surface area contributed by atoms with Gasteiger partial charge in [0, 0.05) is 40.6 Å². The van der Waals surface area contributed by atoms with Crippen LogP contribution < -0.4 is 10.0 Å². The van der Waals surface area contributed by atoms with Crippen molar-refractivity contribution in [3.05, 3.63) is 22.5 Å². The molecule has 0 aromatic heterocycles. The van der Waals surface area contributed by atoms with Crippen LogP contribution in [0.2, 0.25) is 0 Å². The summed E-state index contributed by atoms with van der Waals surface area (Å²) in [7, 11) is -3.38. The van der Waals surface area contributed by atoms with Crippen molar-refractivity contribution >= 4 is 39.3 Å². The van der Waals surface area contributed by atoms with Crippen LogP contribution in [0.3, 0.4) is 0 Å². The van der Waals surface area contributed by atoms with Gasteiger partial charge in [-0.2, -0.15) is 11.8 Å². The maximum atomic E-state index is 13.9. The first-order valence-electron chi connectivity index (χ1n) is 10.5. The first-order valence-corrected chi connectivity index (χ1v) is 13.5. The number of sulfonamides is 1. The van der Waals surface area contributed by atoms with E-state index >= 15 is 0 Å². The highest BCUT2D eigenvalue weighted by molar-refractivity contribution is 7.99. The molecule has 0 aromatic carbocycles. The number of carbonyl (C=O) groups is 1. The van der Waals surface area contributed by atoms with E-state index in [0.717, 1.165) is 0 Å².